The van der Waals surface area contributed by atoms with Crippen LogP contribution in [0.3, 0.4) is 0 Å². The smallest absolute Gasteiger partial charge is 0.407 e. The average Bonchev–Trinajstić information content (AvgIpc) is 3.18. The van der Waals surface area contributed by atoms with Crippen LogP contribution in [-0.4, -0.2) is 30.8 Å². The Hall–Kier alpha value is -2.33. The number of carbonyl (C=O) groups excluding carboxylic acids is 1. The van der Waals surface area contributed by atoms with E-state index in [4.69, 9.17) is 4.74 Å². The number of alkyl carbamates (subject to hydrolysis) is 1. The van der Waals surface area contributed by atoms with Crippen molar-refractivity contribution in [3.63, 3.8) is 0 Å². The lowest BCUT2D eigenvalue weighted by atomic mass is 9.84. The van der Waals surface area contributed by atoms with E-state index in [1.54, 1.807) is 0 Å². The molecule has 4 rings (SSSR count). The Balaban J connectivity index is 1.40. The maximum atomic E-state index is 12.3. The third-order valence-corrected chi connectivity index (χ3v) is 6.05. The van der Waals surface area contributed by atoms with Gasteiger partial charge in [-0.2, -0.15) is 0 Å². The molecule has 1 saturated carbocycles. The number of nitrogens with one attached hydrogen (secondary N) is 2. The molecular formula is C24H30N2O2. The van der Waals surface area contributed by atoms with Gasteiger partial charge in [-0.25, -0.2) is 4.79 Å². The first-order valence-electron chi connectivity index (χ1n) is 10.6. The molecule has 2 aromatic carbocycles. The predicted octanol–water partition coefficient (Wildman–Crippen LogP) is 4.61. The Kier molecular flexibility index (Phi) is 6.27. The van der Waals surface area contributed by atoms with Crippen molar-refractivity contribution in [3.05, 3.63) is 71.8 Å². The van der Waals surface area contributed by atoms with Gasteiger partial charge in [-0.05, 0) is 24.0 Å². The van der Waals surface area contributed by atoms with Crippen molar-refractivity contribution in [1.29, 1.82) is 0 Å². The first-order chi connectivity index (χ1) is 13.8. The topological polar surface area (TPSA) is 50.4 Å². The van der Waals surface area contributed by atoms with Crippen LogP contribution in [0.25, 0.3) is 0 Å². The summed E-state index contributed by atoms with van der Waals surface area (Å²) in [5, 5.41) is 6.67. The molecule has 0 spiro atoms. The Bertz CT molecular complexity index is 704. The number of amides is 1. The summed E-state index contributed by atoms with van der Waals surface area (Å²) in [7, 11) is 0. The minimum absolute atomic E-state index is 0.0801. The highest BCUT2D eigenvalue weighted by atomic mass is 16.6. The van der Waals surface area contributed by atoms with Gasteiger partial charge in [0.2, 0.25) is 0 Å². The second-order valence-electron chi connectivity index (χ2n) is 8.06. The van der Waals surface area contributed by atoms with E-state index >= 15 is 0 Å². The second-order valence-corrected chi connectivity index (χ2v) is 8.06. The summed E-state index contributed by atoms with van der Waals surface area (Å²) in [6.45, 7) is 0.707. The van der Waals surface area contributed by atoms with Gasteiger partial charge in [0.25, 0.3) is 0 Å². The standard InChI is InChI=1S/C24H30N2O2/c27-24(26-20-14-8-3-9-15-20)28-21-16-22(25-17-21)23(18-10-4-1-5-11-18)19-12-6-2-7-13-19/h1-2,4-7,10-13,20-23,25H,3,8-9,14-17H2,(H,26,27)/t21-,22-/m1/s1. The lowest BCUT2D eigenvalue weighted by molar-refractivity contribution is 0.101. The molecule has 1 aliphatic carbocycles. The zero-order valence-electron chi connectivity index (χ0n) is 16.3. The van der Waals surface area contributed by atoms with Gasteiger partial charge in [-0.3, -0.25) is 0 Å². The molecule has 2 aliphatic rings. The van der Waals surface area contributed by atoms with E-state index in [2.05, 4.69) is 71.3 Å². The van der Waals surface area contributed by atoms with Crippen molar-refractivity contribution >= 4 is 6.09 Å². The van der Waals surface area contributed by atoms with Crippen LogP contribution in [0.1, 0.15) is 55.6 Å². The van der Waals surface area contributed by atoms with Crippen LogP contribution in [-0.2, 0) is 4.74 Å². The fourth-order valence-electron chi connectivity index (χ4n) is 4.65. The van der Waals surface area contributed by atoms with E-state index in [0.717, 1.165) is 19.3 Å². The van der Waals surface area contributed by atoms with Crippen LogP contribution in [0, 0.1) is 0 Å². The summed E-state index contributed by atoms with van der Waals surface area (Å²) in [5.74, 6) is 0.248. The highest BCUT2D eigenvalue weighted by molar-refractivity contribution is 5.67. The van der Waals surface area contributed by atoms with Gasteiger partial charge >= 0.3 is 6.09 Å². The molecule has 2 aromatic rings. The van der Waals surface area contributed by atoms with E-state index < -0.39 is 0 Å². The fourth-order valence-corrected chi connectivity index (χ4v) is 4.65. The second kappa shape index (κ2) is 9.24. The van der Waals surface area contributed by atoms with Crippen molar-refractivity contribution in [1.82, 2.24) is 10.6 Å². The number of ether oxygens (including phenoxy) is 1. The van der Waals surface area contributed by atoms with Crippen LogP contribution in [0.15, 0.2) is 60.7 Å². The van der Waals surface area contributed by atoms with Gasteiger partial charge in [0.15, 0.2) is 0 Å². The number of carbonyl (C=O) groups is 1. The van der Waals surface area contributed by atoms with E-state index in [9.17, 15) is 4.79 Å². The zero-order valence-corrected chi connectivity index (χ0v) is 16.3. The fraction of sp³-hybridized carbons (Fsp3) is 0.458. The van der Waals surface area contributed by atoms with Gasteiger partial charge in [0, 0.05) is 31.0 Å². The molecule has 2 atom stereocenters. The van der Waals surface area contributed by atoms with Gasteiger partial charge in [-0.1, -0.05) is 79.9 Å². The molecule has 0 unspecified atom stereocenters. The molecule has 148 valence electrons. The monoisotopic (exact) mass is 378 g/mol. The molecule has 1 heterocycles. The molecule has 2 N–H and O–H groups in total. The summed E-state index contributed by atoms with van der Waals surface area (Å²) in [4.78, 5) is 12.3. The SMILES string of the molecule is O=C(NC1CCCCC1)O[C@H]1CN[C@@H](C(c2ccccc2)c2ccccc2)C1. The molecule has 0 aromatic heterocycles. The lowest BCUT2D eigenvalue weighted by Crippen LogP contribution is -2.38. The third-order valence-electron chi connectivity index (χ3n) is 6.05. The molecule has 2 fully saturated rings. The lowest BCUT2D eigenvalue weighted by Gasteiger charge is -2.25. The molecule has 0 radical (unpaired) electrons. The Morgan fingerprint density at radius 3 is 2.14 bits per heavy atom. The molecule has 4 heteroatoms. The number of rotatable bonds is 5. The summed E-state index contributed by atoms with van der Waals surface area (Å²) >= 11 is 0. The molecule has 1 aliphatic heterocycles. The van der Waals surface area contributed by atoms with E-state index in [-0.39, 0.29) is 30.2 Å². The van der Waals surface area contributed by atoms with Crippen LogP contribution >= 0.6 is 0 Å². The highest BCUT2D eigenvalue weighted by Gasteiger charge is 2.34. The largest absolute Gasteiger partial charge is 0.445 e. The Morgan fingerprint density at radius 2 is 1.54 bits per heavy atom. The third kappa shape index (κ3) is 4.74. The first kappa shape index (κ1) is 19.0. The number of hydrogen-bond donors (Lipinski definition) is 2. The van der Waals surface area contributed by atoms with Gasteiger partial charge < -0.3 is 15.4 Å². The maximum absolute atomic E-state index is 12.3. The van der Waals surface area contributed by atoms with Gasteiger partial charge in [-0.15, -0.1) is 0 Å². The molecule has 1 amide bonds. The first-order valence-corrected chi connectivity index (χ1v) is 10.6. The van der Waals surface area contributed by atoms with Crippen molar-refractivity contribution < 1.29 is 9.53 Å². The molecule has 28 heavy (non-hydrogen) atoms. The van der Waals surface area contributed by atoms with Crippen molar-refractivity contribution in [2.45, 2.75) is 62.6 Å². The number of hydrogen-bond acceptors (Lipinski definition) is 3. The van der Waals surface area contributed by atoms with E-state index in [0.29, 0.717) is 6.54 Å². The minimum atomic E-state index is -0.254. The van der Waals surface area contributed by atoms with Crippen LogP contribution in [0.5, 0.6) is 0 Å². The van der Waals surface area contributed by atoms with Crippen LogP contribution in [0.2, 0.25) is 0 Å². The summed E-state index contributed by atoms with van der Waals surface area (Å²) < 4.78 is 5.75. The Labute approximate surface area is 167 Å². The summed E-state index contributed by atoms with van der Waals surface area (Å²) in [6, 6.07) is 21.7. The molecular weight excluding hydrogens is 348 g/mol. The van der Waals surface area contributed by atoms with Gasteiger partial charge in [0.1, 0.15) is 6.10 Å². The maximum Gasteiger partial charge on any atom is 0.407 e. The van der Waals surface area contributed by atoms with Crippen molar-refractivity contribution in [2.75, 3.05) is 6.54 Å². The normalized spacial score (nSPS) is 22.9. The summed E-state index contributed by atoms with van der Waals surface area (Å²) in [6.07, 6.45) is 6.32. The van der Waals surface area contributed by atoms with Crippen LogP contribution in [0.4, 0.5) is 4.79 Å². The molecule has 4 nitrogen and oxygen atoms in total. The molecule has 1 saturated heterocycles. The van der Waals surface area contributed by atoms with E-state index in [1.165, 1.54) is 30.4 Å². The number of benzene rings is 2. The minimum Gasteiger partial charge on any atom is -0.445 e. The van der Waals surface area contributed by atoms with E-state index in [1.807, 2.05) is 0 Å². The quantitative estimate of drug-likeness (QED) is 0.799. The van der Waals surface area contributed by atoms with Crippen molar-refractivity contribution in [2.24, 2.45) is 0 Å². The predicted molar refractivity (Wildman–Crippen MR) is 111 cm³/mol. The van der Waals surface area contributed by atoms with Crippen LogP contribution < -0.4 is 10.6 Å². The molecule has 0 bridgehead atoms. The zero-order chi connectivity index (χ0) is 19.2. The van der Waals surface area contributed by atoms with Crippen molar-refractivity contribution in [3.8, 4) is 0 Å². The summed E-state index contributed by atoms with van der Waals surface area (Å²) in [5.41, 5.74) is 2.58. The highest BCUT2D eigenvalue weighted by Crippen LogP contribution is 2.32. The Morgan fingerprint density at radius 1 is 0.929 bits per heavy atom. The van der Waals surface area contributed by atoms with Gasteiger partial charge in [0.05, 0.1) is 0 Å². The average molecular weight is 379 g/mol.